The number of halogens is 1. The minimum absolute atomic E-state index is 0.360. The van der Waals surface area contributed by atoms with Crippen LogP contribution in [0.1, 0.15) is 18.0 Å². The Kier molecular flexibility index (Phi) is 3.76. The van der Waals surface area contributed by atoms with Gasteiger partial charge in [0.05, 0.1) is 0 Å². The van der Waals surface area contributed by atoms with E-state index in [-0.39, 0.29) is 0 Å². The van der Waals surface area contributed by atoms with Crippen molar-refractivity contribution in [2.45, 2.75) is 12.5 Å². The minimum Gasteiger partial charge on any atom is -0.302 e. The normalized spacial score (nSPS) is 13.3. The molecule has 1 radical (unpaired) electrons. The van der Waals surface area contributed by atoms with Crippen LogP contribution in [0.5, 0.6) is 0 Å². The highest BCUT2D eigenvalue weighted by Gasteiger charge is 2.10. The standard InChI is InChI=1S/C11H15ClN/c1-4-11(13(2)3)9-6-5-7-10(12)8-9/h5-8,11H,1,4H2,2-3H3. The maximum atomic E-state index is 5.91. The van der Waals surface area contributed by atoms with E-state index in [1.807, 2.05) is 18.2 Å². The zero-order valence-corrected chi connectivity index (χ0v) is 8.88. The summed E-state index contributed by atoms with van der Waals surface area (Å²) in [5.41, 5.74) is 1.23. The first-order valence-electron chi connectivity index (χ1n) is 4.36. The molecule has 0 N–H and O–H groups in total. The smallest absolute Gasteiger partial charge is 0.0409 e. The molecule has 0 aliphatic carbocycles. The molecule has 2 heteroatoms. The van der Waals surface area contributed by atoms with E-state index < -0.39 is 0 Å². The first-order valence-corrected chi connectivity index (χ1v) is 4.74. The molecule has 0 heterocycles. The zero-order chi connectivity index (χ0) is 9.84. The van der Waals surface area contributed by atoms with Crippen LogP contribution in [0.15, 0.2) is 24.3 Å². The van der Waals surface area contributed by atoms with E-state index in [2.05, 4.69) is 32.0 Å². The van der Waals surface area contributed by atoms with Crippen molar-refractivity contribution in [1.29, 1.82) is 0 Å². The first kappa shape index (κ1) is 10.6. The summed E-state index contributed by atoms with van der Waals surface area (Å²) in [7, 11) is 4.10. The fraction of sp³-hybridized carbons (Fsp3) is 0.364. The molecule has 0 fully saturated rings. The SMILES string of the molecule is [CH2]CC(c1cccc(Cl)c1)N(C)C. The second-order valence-corrected chi connectivity index (χ2v) is 3.76. The Labute approximate surface area is 85.3 Å². The molecule has 1 atom stereocenters. The van der Waals surface area contributed by atoms with Crippen LogP contribution in [0.2, 0.25) is 5.02 Å². The Bertz CT molecular complexity index is 271. The second kappa shape index (κ2) is 4.64. The van der Waals surface area contributed by atoms with Gasteiger partial charge in [0.2, 0.25) is 0 Å². The van der Waals surface area contributed by atoms with Gasteiger partial charge in [-0.2, -0.15) is 0 Å². The molecule has 0 saturated carbocycles. The number of benzene rings is 1. The summed E-state index contributed by atoms with van der Waals surface area (Å²) in [6.45, 7) is 3.93. The summed E-state index contributed by atoms with van der Waals surface area (Å²) in [6, 6.07) is 8.31. The van der Waals surface area contributed by atoms with Crippen LogP contribution in [0.4, 0.5) is 0 Å². The monoisotopic (exact) mass is 196 g/mol. The van der Waals surface area contributed by atoms with Crippen molar-refractivity contribution < 1.29 is 0 Å². The summed E-state index contributed by atoms with van der Waals surface area (Å²) >= 11 is 5.91. The zero-order valence-electron chi connectivity index (χ0n) is 8.13. The lowest BCUT2D eigenvalue weighted by Gasteiger charge is -2.23. The average molecular weight is 197 g/mol. The van der Waals surface area contributed by atoms with Crippen molar-refractivity contribution >= 4 is 11.6 Å². The lowest BCUT2D eigenvalue weighted by atomic mass is 10.0. The number of rotatable bonds is 3. The van der Waals surface area contributed by atoms with Gasteiger partial charge in [0.25, 0.3) is 0 Å². The van der Waals surface area contributed by atoms with Crippen LogP contribution in [-0.4, -0.2) is 19.0 Å². The largest absolute Gasteiger partial charge is 0.302 e. The van der Waals surface area contributed by atoms with E-state index in [1.165, 1.54) is 5.56 Å². The Hall–Kier alpha value is -0.530. The topological polar surface area (TPSA) is 3.24 Å². The van der Waals surface area contributed by atoms with E-state index in [4.69, 9.17) is 11.6 Å². The molecule has 0 aromatic heterocycles. The summed E-state index contributed by atoms with van der Waals surface area (Å²) in [6.07, 6.45) is 0.855. The molecule has 13 heavy (non-hydrogen) atoms. The highest BCUT2D eigenvalue weighted by molar-refractivity contribution is 6.30. The summed E-state index contributed by atoms with van der Waals surface area (Å²) in [4.78, 5) is 2.15. The van der Waals surface area contributed by atoms with Gasteiger partial charge in [-0.15, -0.1) is 0 Å². The molecule has 0 aliphatic heterocycles. The fourth-order valence-electron chi connectivity index (χ4n) is 1.44. The van der Waals surface area contributed by atoms with E-state index in [0.717, 1.165) is 11.4 Å². The Morgan fingerprint density at radius 1 is 1.46 bits per heavy atom. The van der Waals surface area contributed by atoms with Gasteiger partial charge >= 0.3 is 0 Å². The molecule has 1 nitrogen and oxygen atoms in total. The summed E-state index contributed by atoms with van der Waals surface area (Å²) < 4.78 is 0. The van der Waals surface area contributed by atoms with Gasteiger partial charge in [-0.3, -0.25) is 0 Å². The van der Waals surface area contributed by atoms with Gasteiger partial charge in [-0.05, 0) is 38.2 Å². The molecule has 0 amide bonds. The lowest BCUT2D eigenvalue weighted by Crippen LogP contribution is -2.19. The molecule has 0 bridgehead atoms. The van der Waals surface area contributed by atoms with Crippen molar-refractivity contribution in [3.05, 3.63) is 41.8 Å². The predicted molar refractivity (Wildman–Crippen MR) is 57.9 cm³/mol. The van der Waals surface area contributed by atoms with E-state index in [1.54, 1.807) is 0 Å². The molecular weight excluding hydrogens is 182 g/mol. The third kappa shape index (κ3) is 2.71. The molecule has 1 unspecified atom stereocenters. The highest BCUT2D eigenvalue weighted by Crippen LogP contribution is 2.23. The average Bonchev–Trinajstić information content (AvgIpc) is 2.04. The van der Waals surface area contributed by atoms with E-state index in [0.29, 0.717) is 6.04 Å². The van der Waals surface area contributed by atoms with Crippen LogP contribution in [0.3, 0.4) is 0 Å². The third-order valence-electron chi connectivity index (χ3n) is 2.13. The van der Waals surface area contributed by atoms with Gasteiger partial charge in [-0.25, -0.2) is 0 Å². The van der Waals surface area contributed by atoms with Crippen molar-refractivity contribution in [3.63, 3.8) is 0 Å². The Balaban J connectivity index is 2.91. The fourth-order valence-corrected chi connectivity index (χ4v) is 1.64. The highest BCUT2D eigenvalue weighted by atomic mass is 35.5. The predicted octanol–water partition coefficient (Wildman–Crippen LogP) is 3.17. The van der Waals surface area contributed by atoms with Gasteiger partial charge in [0.15, 0.2) is 0 Å². The van der Waals surface area contributed by atoms with Crippen LogP contribution in [0.25, 0.3) is 0 Å². The molecule has 1 aromatic rings. The number of hydrogen-bond donors (Lipinski definition) is 0. The number of nitrogens with zero attached hydrogens (tertiary/aromatic N) is 1. The van der Waals surface area contributed by atoms with Crippen molar-refractivity contribution in [1.82, 2.24) is 4.90 Å². The molecule has 1 aromatic carbocycles. The first-order chi connectivity index (χ1) is 6.15. The molecular formula is C11H15ClN. The maximum Gasteiger partial charge on any atom is 0.0409 e. The van der Waals surface area contributed by atoms with Crippen LogP contribution >= 0.6 is 11.6 Å². The third-order valence-corrected chi connectivity index (χ3v) is 2.37. The minimum atomic E-state index is 0.360. The Morgan fingerprint density at radius 3 is 2.62 bits per heavy atom. The van der Waals surface area contributed by atoms with Crippen molar-refractivity contribution in [2.75, 3.05) is 14.1 Å². The summed E-state index contributed by atoms with van der Waals surface area (Å²) in [5.74, 6) is 0. The molecule has 0 saturated heterocycles. The second-order valence-electron chi connectivity index (χ2n) is 3.32. The molecule has 1 rings (SSSR count). The maximum absolute atomic E-state index is 5.91. The quantitative estimate of drug-likeness (QED) is 0.718. The number of hydrogen-bond acceptors (Lipinski definition) is 1. The van der Waals surface area contributed by atoms with Gasteiger partial charge in [0.1, 0.15) is 0 Å². The van der Waals surface area contributed by atoms with Crippen molar-refractivity contribution in [2.24, 2.45) is 0 Å². The van der Waals surface area contributed by atoms with Crippen molar-refractivity contribution in [3.8, 4) is 0 Å². The molecule has 0 aliphatic rings. The molecule has 71 valence electrons. The Morgan fingerprint density at radius 2 is 2.15 bits per heavy atom. The van der Waals surface area contributed by atoms with Crippen LogP contribution in [-0.2, 0) is 0 Å². The molecule has 0 spiro atoms. The van der Waals surface area contributed by atoms with Gasteiger partial charge in [0, 0.05) is 11.1 Å². The summed E-state index contributed by atoms with van der Waals surface area (Å²) in [5, 5.41) is 0.790. The lowest BCUT2D eigenvalue weighted by molar-refractivity contribution is 0.300. The van der Waals surface area contributed by atoms with E-state index in [9.17, 15) is 0 Å². The van der Waals surface area contributed by atoms with Crippen LogP contribution in [0, 0.1) is 6.92 Å². The van der Waals surface area contributed by atoms with Crippen LogP contribution < -0.4 is 0 Å². The van der Waals surface area contributed by atoms with E-state index >= 15 is 0 Å². The van der Waals surface area contributed by atoms with Gasteiger partial charge in [-0.1, -0.05) is 30.7 Å². The van der Waals surface area contributed by atoms with Gasteiger partial charge < -0.3 is 4.90 Å².